The number of hydrogen-bond donors (Lipinski definition) is 3. The zero-order valence-electron chi connectivity index (χ0n) is 31.3. The van der Waals surface area contributed by atoms with Crippen molar-refractivity contribution in [3.05, 3.63) is 24.2 Å². The molecular formula is C37H44O18. The van der Waals surface area contributed by atoms with E-state index in [4.69, 9.17) is 37.6 Å². The van der Waals surface area contributed by atoms with Crippen molar-refractivity contribution in [2.75, 3.05) is 6.61 Å². The molecule has 300 valence electrons. The predicted molar refractivity (Wildman–Crippen MR) is 175 cm³/mol. The molecule has 3 heterocycles. The van der Waals surface area contributed by atoms with Crippen LogP contribution in [0.1, 0.15) is 85.8 Å². The number of fused-ring (bicyclic) bond motifs is 3. The first kappa shape index (κ1) is 38.7. The van der Waals surface area contributed by atoms with E-state index in [0.717, 1.165) is 27.7 Å². The minimum absolute atomic E-state index is 0.121. The molecular weight excluding hydrogens is 732 g/mol. The van der Waals surface area contributed by atoms with Crippen LogP contribution >= 0.6 is 0 Å². The van der Waals surface area contributed by atoms with Crippen LogP contribution in [0.5, 0.6) is 0 Å². The Kier molecular flexibility index (Phi) is 8.43. The van der Waals surface area contributed by atoms with Crippen molar-refractivity contribution < 1.29 is 86.5 Å². The molecule has 1 aromatic heterocycles. The molecule has 18 heteroatoms. The third kappa shape index (κ3) is 4.32. The highest BCUT2D eigenvalue weighted by atomic mass is 16.8. The lowest BCUT2D eigenvalue weighted by Crippen LogP contribution is -2.98. The van der Waals surface area contributed by atoms with Gasteiger partial charge in [0.2, 0.25) is 5.60 Å². The third-order valence-corrected chi connectivity index (χ3v) is 13.8. The zero-order valence-corrected chi connectivity index (χ0v) is 31.3. The van der Waals surface area contributed by atoms with Crippen LogP contribution < -0.4 is 0 Å². The smallest absolute Gasteiger partial charge is 0.472 e. The molecule has 55 heavy (non-hydrogen) atoms. The Labute approximate surface area is 314 Å². The number of aliphatic hydroxyl groups is 3. The first-order chi connectivity index (χ1) is 25.6. The highest BCUT2D eigenvalue weighted by Gasteiger charge is 3.04. The average molecular weight is 777 g/mol. The third-order valence-electron chi connectivity index (χ3n) is 13.8. The summed E-state index contributed by atoms with van der Waals surface area (Å²) in [5, 5.41) is 40.3. The number of carbonyl (C=O) groups is 7. The zero-order chi connectivity index (χ0) is 40.5. The Bertz CT molecular complexity index is 1880. The summed E-state index contributed by atoms with van der Waals surface area (Å²) in [5.41, 5.74) is -17.4. The first-order valence-corrected chi connectivity index (χ1v) is 18.0. The lowest BCUT2D eigenvalue weighted by atomic mass is 9.32. The highest BCUT2D eigenvalue weighted by molar-refractivity contribution is 5.80. The molecule has 2 bridgehead atoms. The Morgan fingerprint density at radius 3 is 2.18 bits per heavy atom. The number of Topliss-reactive ketones (excluding diaryl/α,β-unsaturated/α-hetero) is 1. The summed E-state index contributed by atoms with van der Waals surface area (Å²) in [5.74, 6) is -8.44. The van der Waals surface area contributed by atoms with E-state index in [1.165, 1.54) is 39.4 Å². The Morgan fingerprint density at radius 2 is 1.62 bits per heavy atom. The molecule has 14 atom stereocenters. The fourth-order valence-electron chi connectivity index (χ4n) is 12.2. The molecule has 0 amide bonds. The second-order valence-corrected chi connectivity index (χ2v) is 16.3. The minimum Gasteiger partial charge on any atom is -0.472 e. The topological polar surface area (TPSA) is 258 Å². The fraction of sp³-hybridized carbons (Fsp3) is 0.703. The molecule has 6 fully saturated rings. The van der Waals surface area contributed by atoms with Gasteiger partial charge < -0.3 is 52.9 Å². The molecule has 14 unspecified atom stereocenters. The van der Waals surface area contributed by atoms with Crippen molar-refractivity contribution in [1.29, 1.82) is 0 Å². The van der Waals surface area contributed by atoms with Crippen LogP contribution in [-0.4, -0.2) is 111 Å². The van der Waals surface area contributed by atoms with Gasteiger partial charge in [-0.3, -0.25) is 28.8 Å². The lowest BCUT2D eigenvalue weighted by Gasteiger charge is -2.77. The fourth-order valence-corrected chi connectivity index (χ4v) is 12.2. The summed E-state index contributed by atoms with van der Waals surface area (Å²) in [4.78, 5) is 94.1. The van der Waals surface area contributed by atoms with E-state index in [-0.39, 0.29) is 12.0 Å². The van der Waals surface area contributed by atoms with Crippen molar-refractivity contribution in [2.24, 2.45) is 28.1 Å². The molecule has 0 aromatic carbocycles. The van der Waals surface area contributed by atoms with Crippen LogP contribution in [0.4, 0.5) is 4.79 Å². The number of furan rings is 1. The summed E-state index contributed by atoms with van der Waals surface area (Å²) in [6.45, 7) is 7.57. The van der Waals surface area contributed by atoms with Crippen LogP contribution in [0, 0.1) is 28.1 Å². The SMILES string of the molecule is CCC(=O)CC1C(C)(C(OC(C)=O)c2ccoc2)C(OC(C)=O)C(OC(C)=O)C2(O)C13OC(=O)OC3C1(OC(C)=O)C(O)C3(C)CC1(O)C21COC(=O)CC31. The number of cyclic esters (lactones) is 1. The second-order valence-electron chi connectivity index (χ2n) is 16.3. The maximum atomic E-state index is 14.3. The van der Waals surface area contributed by atoms with E-state index in [2.05, 4.69) is 0 Å². The monoisotopic (exact) mass is 776 g/mol. The number of aliphatic hydroxyl groups excluding tert-OH is 1. The van der Waals surface area contributed by atoms with E-state index in [9.17, 15) is 48.9 Å². The molecule has 18 nitrogen and oxygen atoms in total. The van der Waals surface area contributed by atoms with E-state index in [0.29, 0.717) is 0 Å². The molecule has 6 aliphatic rings. The Hall–Kier alpha value is -4.55. The van der Waals surface area contributed by atoms with Crippen LogP contribution in [0.3, 0.4) is 0 Å². The number of carbonyl (C=O) groups excluding carboxylic acids is 7. The Balaban J connectivity index is 1.70. The van der Waals surface area contributed by atoms with E-state index < -0.39 is 149 Å². The quantitative estimate of drug-likeness (QED) is 0.235. The van der Waals surface area contributed by atoms with E-state index in [1.807, 2.05) is 0 Å². The molecule has 3 N–H and O–H groups in total. The molecule has 4 saturated carbocycles. The van der Waals surface area contributed by atoms with Crippen molar-refractivity contribution in [2.45, 2.75) is 127 Å². The number of rotatable bonds is 9. The van der Waals surface area contributed by atoms with Crippen molar-refractivity contribution in [1.82, 2.24) is 0 Å². The van der Waals surface area contributed by atoms with Gasteiger partial charge in [-0.1, -0.05) is 20.8 Å². The first-order valence-electron chi connectivity index (χ1n) is 18.0. The molecule has 2 saturated heterocycles. The molecule has 2 spiro atoms. The van der Waals surface area contributed by atoms with Gasteiger partial charge in [-0.2, -0.15) is 0 Å². The second kappa shape index (κ2) is 12.0. The van der Waals surface area contributed by atoms with Gasteiger partial charge in [0.25, 0.3) is 0 Å². The number of hydrogen-bond acceptors (Lipinski definition) is 18. The number of ether oxygens (including phenoxy) is 7. The predicted octanol–water partition coefficient (Wildman–Crippen LogP) is 1.14. The van der Waals surface area contributed by atoms with Crippen LogP contribution in [0.25, 0.3) is 0 Å². The van der Waals surface area contributed by atoms with Gasteiger partial charge in [-0.05, 0) is 18.4 Å². The molecule has 1 aromatic rings. The number of esters is 5. The standard InChI is InChI=1S/C37H44O18/c1-8-21(42)11-23-32(7,25(50-16(2)38)20-9-10-48-13-20)26(51-17(3)39)27(52-18(4)40)37(47)33-15-49-24(43)12-22(33)31(6)14-34(33,46)36(28(31)44,54-19(5)41)29-35(23,37)55-30(45)53-29/h9-10,13,22-23,25-29,44,46-47H,8,11-12,14-15H2,1-7H3. The van der Waals surface area contributed by atoms with Gasteiger partial charge >= 0.3 is 36.0 Å². The highest BCUT2D eigenvalue weighted by Crippen LogP contribution is 2.85. The van der Waals surface area contributed by atoms with Crippen LogP contribution in [-0.2, 0) is 61.9 Å². The van der Waals surface area contributed by atoms with Gasteiger partial charge in [0.15, 0.2) is 29.5 Å². The summed E-state index contributed by atoms with van der Waals surface area (Å²) < 4.78 is 47.2. The van der Waals surface area contributed by atoms with Gasteiger partial charge in [-0.25, -0.2) is 4.79 Å². The lowest BCUT2D eigenvalue weighted by molar-refractivity contribution is -0.451. The maximum Gasteiger partial charge on any atom is 0.509 e. The van der Waals surface area contributed by atoms with Crippen molar-refractivity contribution in [3.8, 4) is 0 Å². The summed E-state index contributed by atoms with van der Waals surface area (Å²) in [6.07, 6.45) is -10.9. The molecule has 4 aliphatic carbocycles. The summed E-state index contributed by atoms with van der Waals surface area (Å²) in [6, 6.07) is 1.41. The van der Waals surface area contributed by atoms with Crippen molar-refractivity contribution >= 4 is 41.8 Å². The van der Waals surface area contributed by atoms with E-state index >= 15 is 0 Å². The Morgan fingerprint density at radius 1 is 0.964 bits per heavy atom. The molecule has 2 aliphatic heterocycles. The average Bonchev–Trinajstić information content (AvgIpc) is 3.83. The largest absolute Gasteiger partial charge is 0.509 e. The van der Waals surface area contributed by atoms with Gasteiger partial charge in [0.05, 0.1) is 23.4 Å². The van der Waals surface area contributed by atoms with Gasteiger partial charge in [-0.15, -0.1) is 0 Å². The summed E-state index contributed by atoms with van der Waals surface area (Å²) in [7, 11) is 0. The van der Waals surface area contributed by atoms with E-state index in [1.54, 1.807) is 0 Å². The maximum absolute atomic E-state index is 14.3. The molecule has 7 rings (SSSR count). The van der Waals surface area contributed by atoms with Gasteiger partial charge in [0.1, 0.15) is 30.2 Å². The normalized spacial score (nSPS) is 45.1. The minimum atomic E-state index is -3.10. The molecule has 0 radical (unpaired) electrons. The number of ketones is 1. The van der Waals surface area contributed by atoms with Crippen molar-refractivity contribution in [3.63, 3.8) is 0 Å². The summed E-state index contributed by atoms with van der Waals surface area (Å²) >= 11 is 0. The van der Waals surface area contributed by atoms with Crippen LogP contribution in [0.2, 0.25) is 0 Å². The van der Waals surface area contributed by atoms with Crippen LogP contribution in [0.15, 0.2) is 23.0 Å². The van der Waals surface area contributed by atoms with Gasteiger partial charge in [0, 0.05) is 63.9 Å².